The number of rotatable bonds is 4. The van der Waals surface area contributed by atoms with E-state index in [4.69, 9.17) is 16.6 Å². The van der Waals surface area contributed by atoms with Crippen LogP contribution in [0.3, 0.4) is 0 Å². The zero-order valence-corrected chi connectivity index (χ0v) is 17.8. The van der Waals surface area contributed by atoms with Gasteiger partial charge in [0.25, 0.3) is 5.91 Å². The maximum atomic E-state index is 13.2. The van der Waals surface area contributed by atoms with Gasteiger partial charge in [-0.1, -0.05) is 41.9 Å². The first-order chi connectivity index (χ1) is 14.9. The largest absolute Gasteiger partial charge is 0.326 e. The summed E-state index contributed by atoms with van der Waals surface area (Å²) in [6.45, 7) is 3.36. The number of amides is 2. The van der Waals surface area contributed by atoms with E-state index in [1.165, 1.54) is 6.92 Å². The van der Waals surface area contributed by atoms with Crippen LogP contribution in [-0.4, -0.2) is 16.8 Å². The van der Waals surface area contributed by atoms with Crippen LogP contribution in [0.5, 0.6) is 0 Å². The molecule has 31 heavy (non-hydrogen) atoms. The molecule has 0 radical (unpaired) electrons. The quantitative estimate of drug-likeness (QED) is 0.413. The molecule has 1 aromatic heterocycles. The minimum atomic E-state index is -0.222. The number of carbonyl (C=O) groups excluding carboxylic acids is 2. The van der Waals surface area contributed by atoms with Crippen molar-refractivity contribution in [1.82, 2.24) is 4.98 Å². The highest BCUT2D eigenvalue weighted by atomic mass is 35.5. The Balaban J connectivity index is 1.74. The van der Waals surface area contributed by atoms with Crippen molar-refractivity contribution in [1.29, 1.82) is 0 Å². The molecule has 154 valence electrons. The van der Waals surface area contributed by atoms with Gasteiger partial charge in [-0.25, -0.2) is 4.98 Å². The lowest BCUT2D eigenvalue weighted by Crippen LogP contribution is -2.14. The van der Waals surface area contributed by atoms with Gasteiger partial charge in [0.2, 0.25) is 5.91 Å². The van der Waals surface area contributed by atoms with E-state index in [1.807, 2.05) is 61.5 Å². The average molecular weight is 430 g/mol. The molecule has 2 N–H and O–H groups in total. The molecule has 5 nitrogen and oxygen atoms in total. The molecular weight excluding hydrogens is 410 g/mol. The van der Waals surface area contributed by atoms with Crippen LogP contribution in [-0.2, 0) is 4.79 Å². The second-order valence-electron chi connectivity index (χ2n) is 7.24. The molecule has 0 bridgehead atoms. The molecule has 6 heteroatoms. The molecule has 1 heterocycles. The number of hydrogen-bond acceptors (Lipinski definition) is 3. The monoisotopic (exact) mass is 429 g/mol. The Morgan fingerprint density at radius 3 is 2.35 bits per heavy atom. The molecule has 0 aliphatic rings. The van der Waals surface area contributed by atoms with Crippen molar-refractivity contribution in [2.24, 2.45) is 0 Å². The lowest BCUT2D eigenvalue weighted by molar-refractivity contribution is -0.114. The Labute approximate surface area is 185 Å². The molecule has 0 saturated carbocycles. The number of para-hydroxylation sites is 1. The van der Waals surface area contributed by atoms with Crippen molar-refractivity contribution in [2.75, 3.05) is 10.6 Å². The van der Waals surface area contributed by atoms with E-state index < -0.39 is 0 Å². The lowest BCUT2D eigenvalue weighted by Gasteiger charge is -2.12. The zero-order chi connectivity index (χ0) is 22.0. The summed E-state index contributed by atoms with van der Waals surface area (Å²) in [6.07, 6.45) is 0. The van der Waals surface area contributed by atoms with Crippen LogP contribution in [0.2, 0.25) is 5.02 Å². The van der Waals surface area contributed by atoms with Crippen LogP contribution in [0.15, 0.2) is 72.8 Å². The fourth-order valence-corrected chi connectivity index (χ4v) is 3.62. The number of carbonyl (C=O) groups is 2. The third-order valence-electron chi connectivity index (χ3n) is 4.90. The van der Waals surface area contributed by atoms with E-state index >= 15 is 0 Å². The van der Waals surface area contributed by atoms with Crippen LogP contribution >= 0.6 is 11.6 Å². The molecular formula is C25H20ClN3O2. The van der Waals surface area contributed by atoms with Crippen LogP contribution < -0.4 is 10.6 Å². The van der Waals surface area contributed by atoms with Crippen LogP contribution in [0.1, 0.15) is 22.8 Å². The van der Waals surface area contributed by atoms with Gasteiger partial charge < -0.3 is 10.6 Å². The van der Waals surface area contributed by atoms with Gasteiger partial charge in [-0.2, -0.15) is 0 Å². The summed E-state index contributed by atoms with van der Waals surface area (Å²) >= 11 is 6.03. The SMILES string of the molecule is CC(=O)Nc1ccc(-c2cc(C(=O)Nc3ccc(Cl)cc3C)c3ccccc3n2)cc1. The van der Waals surface area contributed by atoms with Gasteiger partial charge in [0.1, 0.15) is 0 Å². The van der Waals surface area contributed by atoms with E-state index in [0.717, 1.165) is 22.0 Å². The topological polar surface area (TPSA) is 71.1 Å². The average Bonchev–Trinajstić information content (AvgIpc) is 2.75. The number of halogens is 1. The number of hydrogen-bond donors (Lipinski definition) is 2. The molecule has 0 spiro atoms. The molecule has 4 rings (SSSR count). The number of benzene rings is 3. The van der Waals surface area contributed by atoms with Crippen molar-refractivity contribution < 1.29 is 9.59 Å². The molecule has 0 aliphatic heterocycles. The summed E-state index contributed by atoms with van der Waals surface area (Å²) in [5.41, 5.74) is 5.06. The van der Waals surface area contributed by atoms with Gasteiger partial charge in [-0.15, -0.1) is 0 Å². The Kier molecular flexibility index (Phi) is 5.69. The fourth-order valence-electron chi connectivity index (χ4n) is 3.40. The number of aromatic nitrogens is 1. The normalized spacial score (nSPS) is 10.7. The fraction of sp³-hybridized carbons (Fsp3) is 0.0800. The first kappa shape index (κ1) is 20.6. The highest BCUT2D eigenvalue weighted by Crippen LogP contribution is 2.27. The molecule has 2 amide bonds. The highest BCUT2D eigenvalue weighted by molar-refractivity contribution is 6.30. The first-order valence-corrected chi connectivity index (χ1v) is 10.1. The molecule has 3 aromatic carbocycles. The lowest BCUT2D eigenvalue weighted by atomic mass is 10.0. The smallest absolute Gasteiger partial charge is 0.256 e. The number of nitrogens with zero attached hydrogens (tertiary/aromatic N) is 1. The van der Waals surface area contributed by atoms with Crippen molar-refractivity contribution >= 4 is 45.7 Å². The predicted octanol–water partition coefficient (Wildman–Crippen LogP) is 6.07. The summed E-state index contributed by atoms with van der Waals surface area (Å²) in [6, 6.07) is 22.0. The van der Waals surface area contributed by atoms with Crippen LogP contribution in [0.4, 0.5) is 11.4 Å². The Morgan fingerprint density at radius 1 is 0.903 bits per heavy atom. The van der Waals surface area contributed by atoms with E-state index in [9.17, 15) is 9.59 Å². The summed E-state index contributed by atoms with van der Waals surface area (Å²) < 4.78 is 0. The Bertz CT molecular complexity index is 1300. The summed E-state index contributed by atoms with van der Waals surface area (Å²) in [7, 11) is 0. The van der Waals surface area contributed by atoms with E-state index in [2.05, 4.69) is 10.6 Å². The molecule has 0 aliphatic carbocycles. The highest BCUT2D eigenvalue weighted by Gasteiger charge is 2.15. The number of nitrogens with one attached hydrogen (secondary N) is 2. The predicted molar refractivity (Wildman–Crippen MR) is 126 cm³/mol. The van der Waals surface area contributed by atoms with E-state index in [-0.39, 0.29) is 11.8 Å². The first-order valence-electron chi connectivity index (χ1n) is 9.76. The van der Waals surface area contributed by atoms with E-state index in [1.54, 1.807) is 18.2 Å². The standard InChI is InChI=1S/C25H20ClN3O2/c1-15-13-18(26)9-12-22(15)29-25(31)21-14-24(28-23-6-4-3-5-20(21)23)17-7-10-19(11-8-17)27-16(2)30/h3-14H,1-2H3,(H,27,30)(H,29,31). The van der Waals surface area contributed by atoms with Crippen molar-refractivity contribution in [3.63, 3.8) is 0 Å². The van der Waals surface area contributed by atoms with Crippen LogP contribution in [0.25, 0.3) is 22.2 Å². The zero-order valence-electron chi connectivity index (χ0n) is 17.1. The van der Waals surface area contributed by atoms with Crippen molar-refractivity contribution in [3.05, 3.63) is 88.9 Å². The van der Waals surface area contributed by atoms with Gasteiger partial charge in [0, 0.05) is 34.3 Å². The number of anilines is 2. The maximum Gasteiger partial charge on any atom is 0.256 e. The van der Waals surface area contributed by atoms with Crippen molar-refractivity contribution in [3.8, 4) is 11.3 Å². The molecule has 0 fully saturated rings. The third-order valence-corrected chi connectivity index (χ3v) is 5.13. The summed E-state index contributed by atoms with van der Waals surface area (Å²) in [5, 5.41) is 7.12. The van der Waals surface area contributed by atoms with Crippen molar-refractivity contribution in [2.45, 2.75) is 13.8 Å². The Morgan fingerprint density at radius 2 is 1.65 bits per heavy atom. The maximum absolute atomic E-state index is 13.2. The summed E-state index contributed by atoms with van der Waals surface area (Å²) in [5.74, 6) is -0.354. The number of pyridine rings is 1. The number of aryl methyl sites for hydroxylation is 1. The Hall–Kier alpha value is -3.70. The molecule has 0 unspecified atom stereocenters. The van der Waals surface area contributed by atoms with Crippen LogP contribution in [0, 0.1) is 6.92 Å². The molecule has 4 aromatic rings. The van der Waals surface area contributed by atoms with Gasteiger partial charge >= 0.3 is 0 Å². The second kappa shape index (κ2) is 8.58. The molecule has 0 atom stereocenters. The van der Waals surface area contributed by atoms with E-state index in [0.29, 0.717) is 27.7 Å². The van der Waals surface area contributed by atoms with Gasteiger partial charge in [0.15, 0.2) is 0 Å². The molecule has 0 saturated heterocycles. The summed E-state index contributed by atoms with van der Waals surface area (Å²) in [4.78, 5) is 29.2. The van der Waals surface area contributed by atoms with Gasteiger partial charge in [-0.3, -0.25) is 9.59 Å². The third kappa shape index (κ3) is 4.57. The van der Waals surface area contributed by atoms with Gasteiger partial charge in [0.05, 0.1) is 16.8 Å². The minimum absolute atomic E-state index is 0.131. The number of fused-ring (bicyclic) bond motifs is 1. The minimum Gasteiger partial charge on any atom is -0.326 e. The second-order valence-corrected chi connectivity index (χ2v) is 7.68. The van der Waals surface area contributed by atoms with Gasteiger partial charge in [-0.05, 0) is 55.0 Å².